The largest absolute Gasteiger partial charge is 0.452 e. The first-order valence-corrected chi connectivity index (χ1v) is 10.1. The van der Waals surface area contributed by atoms with Crippen LogP contribution in [0.4, 0.5) is 15.8 Å². The Kier molecular flexibility index (Phi) is 5.79. The molecule has 3 amide bonds. The zero-order valence-electron chi connectivity index (χ0n) is 16.7. The van der Waals surface area contributed by atoms with Crippen molar-refractivity contribution in [2.45, 2.75) is 25.7 Å². The number of esters is 1. The number of hydrogen-bond donors (Lipinski definition) is 1. The van der Waals surface area contributed by atoms with Gasteiger partial charge >= 0.3 is 5.97 Å². The molecule has 1 N–H and O–H groups in total. The maximum Gasteiger partial charge on any atom is 0.338 e. The van der Waals surface area contributed by atoms with Gasteiger partial charge in [0.1, 0.15) is 5.82 Å². The van der Waals surface area contributed by atoms with E-state index in [4.69, 9.17) is 4.74 Å². The molecule has 0 bridgehead atoms. The number of imide groups is 1. The van der Waals surface area contributed by atoms with Gasteiger partial charge in [0, 0.05) is 5.69 Å². The Morgan fingerprint density at radius 3 is 2.29 bits per heavy atom. The molecule has 2 aliphatic rings. The van der Waals surface area contributed by atoms with Gasteiger partial charge in [0.25, 0.3) is 5.91 Å². The molecule has 2 fully saturated rings. The second-order valence-corrected chi connectivity index (χ2v) is 7.69. The molecule has 2 aromatic carbocycles. The van der Waals surface area contributed by atoms with Gasteiger partial charge in [-0.1, -0.05) is 18.9 Å². The van der Waals surface area contributed by atoms with Crippen LogP contribution in [0.15, 0.2) is 48.5 Å². The van der Waals surface area contributed by atoms with Gasteiger partial charge in [-0.2, -0.15) is 0 Å². The quantitative estimate of drug-likeness (QED) is 0.587. The van der Waals surface area contributed by atoms with Crippen LogP contribution in [-0.4, -0.2) is 30.3 Å². The van der Waals surface area contributed by atoms with E-state index in [1.165, 1.54) is 41.3 Å². The number of fused-ring (bicyclic) bond motifs is 1. The van der Waals surface area contributed by atoms with Crippen molar-refractivity contribution in [2.75, 3.05) is 16.8 Å². The molecule has 0 radical (unpaired) electrons. The van der Waals surface area contributed by atoms with E-state index in [-0.39, 0.29) is 29.2 Å². The van der Waals surface area contributed by atoms with Crippen LogP contribution in [0.25, 0.3) is 0 Å². The Labute approximate surface area is 178 Å². The summed E-state index contributed by atoms with van der Waals surface area (Å²) in [4.78, 5) is 51.0. The average molecular weight is 424 g/mol. The minimum atomic E-state index is -0.757. The number of amides is 3. The van der Waals surface area contributed by atoms with E-state index in [2.05, 4.69) is 5.32 Å². The standard InChI is InChI=1S/C23H21FN2O5/c24-15-8-10-16(11-9-15)25-20(27)13-31-23(30)14-4-3-5-17(12-14)26-21(28)18-6-1-2-7-19(18)22(26)29/h3-5,8-12,18-19H,1-2,6-7,13H2,(H,25,27)/t18-,19-/m1/s1. The zero-order valence-corrected chi connectivity index (χ0v) is 16.7. The van der Waals surface area contributed by atoms with Gasteiger partial charge < -0.3 is 10.1 Å². The van der Waals surface area contributed by atoms with Crippen molar-refractivity contribution < 1.29 is 28.3 Å². The Bertz CT molecular complexity index is 1010. The van der Waals surface area contributed by atoms with Crippen LogP contribution in [-0.2, 0) is 19.1 Å². The minimum Gasteiger partial charge on any atom is -0.452 e. The third kappa shape index (κ3) is 4.33. The number of anilines is 2. The van der Waals surface area contributed by atoms with Crippen molar-refractivity contribution >= 4 is 35.1 Å². The van der Waals surface area contributed by atoms with Gasteiger partial charge in [-0.15, -0.1) is 0 Å². The van der Waals surface area contributed by atoms with Gasteiger partial charge in [-0.3, -0.25) is 19.3 Å². The number of rotatable bonds is 5. The summed E-state index contributed by atoms with van der Waals surface area (Å²) in [6.07, 6.45) is 3.27. The molecule has 1 saturated heterocycles. The first-order chi connectivity index (χ1) is 14.9. The highest BCUT2D eigenvalue weighted by Crippen LogP contribution is 2.40. The fourth-order valence-corrected chi connectivity index (χ4v) is 4.13. The van der Waals surface area contributed by atoms with Gasteiger partial charge in [0.15, 0.2) is 6.61 Å². The molecule has 2 aromatic rings. The molecule has 1 aliphatic heterocycles. The molecule has 1 saturated carbocycles. The maximum atomic E-state index is 12.9. The second kappa shape index (κ2) is 8.67. The number of benzene rings is 2. The Hall–Kier alpha value is -3.55. The molecular formula is C23H21FN2O5. The molecule has 160 valence electrons. The number of halogens is 1. The summed E-state index contributed by atoms with van der Waals surface area (Å²) < 4.78 is 18.0. The van der Waals surface area contributed by atoms with Crippen molar-refractivity contribution in [2.24, 2.45) is 11.8 Å². The number of nitrogens with zero attached hydrogens (tertiary/aromatic N) is 1. The van der Waals surface area contributed by atoms with E-state index in [0.29, 0.717) is 24.2 Å². The summed E-state index contributed by atoms with van der Waals surface area (Å²) in [5.74, 6) is -2.78. The molecule has 1 heterocycles. The third-order valence-corrected chi connectivity index (χ3v) is 5.64. The molecule has 0 spiro atoms. The van der Waals surface area contributed by atoms with E-state index in [0.717, 1.165) is 12.8 Å². The molecule has 0 aromatic heterocycles. The van der Waals surface area contributed by atoms with E-state index >= 15 is 0 Å². The van der Waals surface area contributed by atoms with Crippen LogP contribution in [0.1, 0.15) is 36.0 Å². The normalized spacial score (nSPS) is 20.4. The van der Waals surface area contributed by atoms with E-state index < -0.39 is 24.3 Å². The number of carbonyl (C=O) groups excluding carboxylic acids is 4. The lowest BCUT2D eigenvalue weighted by Crippen LogP contribution is -2.31. The number of carbonyl (C=O) groups is 4. The van der Waals surface area contributed by atoms with Gasteiger partial charge in [0.05, 0.1) is 23.1 Å². The Morgan fingerprint density at radius 2 is 1.65 bits per heavy atom. The topological polar surface area (TPSA) is 92.8 Å². The summed E-state index contributed by atoms with van der Waals surface area (Å²) in [6.45, 7) is -0.536. The Morgan fingerprint density at radius 1 is 1.00 bits per heavy atom. The summed E-state index contributed by atoms with van der Waals surface area (Å²) in [6, 6.07) is 11.3. The summed E-state index contributed by atoms with van der Waals surface area (Å²) in [5, 5.41) is 2.49. The van der Waals surface area contributed by atoms with Crippen molar-refractivity contribution in [3.63, 3.8) is 0 Å². The highest BCUT2D eigenvalue weighted by Gasteiger charge is 2.48. The molecule has 2 atom stereocenters. The van der Waals surface area contributed by atoms with Crippen LogP contribution in [0.2, 0.25) is 0 Å². The predicted octanol–water partition coefficient (Wildman–Crippen LogP) is 3.30. The monoisotopic (exact) mass is 424 g/mol. The van der Waals surface area contributed by atoms with Gasteiger partial charge in [-0.05, 0) is 55.3 Å². The van der Waals surface area contributed by atoms with Crippen molar-refractivity contribution in [3.05, 3.63) is 59.9 Å². The first kappa shape index (κ1) is 20.7. The third-order valence-electron chi connectivity index (χ3n) is 5.64. The smallest absolute Gasteiger partial charge is 0.338 e. The second-order valence-electron chi connectivity index (χ2n) is 7.69. The van der Waals surface area contributed by atoms with Crippen LogP contribution < -0.4 is 10.2 Å². The van der Waals surface area contributed by atoms with Crippen molar-refractivity contribution in [1.29, 1.82) is 0 Å². The van der Waals surface area contributed by atoms with Gasteiger partial charge in [-0.25, -0.2) is 9.18 Å². The summed E-state index contributed by atoms with van der Waals surface area (Å²) in [5.41, 5.74) is 0.828. The highest BCUT2D eigenvalue weighted by atomic mass is 19.1. The van der Waals surface area contributed by atoms with Crippen molar-refractivity contribution in [3.8, 4) is 0 Å². The lowest BCUT2D eigenvalue weighted by Gasteiger charge is -2.19. The van der Waals surface area contributed by atoms with E-state index in [1.54, 1.807) is 12.1 Å². The van der Waals surface area contributed by atoms with Crippen LogP contribution in [0.3, 0.4) is 0 Å². The average Bonchev–Trinajstić information content (AvgIpc) is 3.04. The van der Waals surface area contributed by atoms with E-state index in [9.17, 15) is 23.6 Å². The first-order valence-electron chi connectivity index (χ1n) is 10.1. The predicted molar refractivity (Wildman–Crippen MR) is 110 cm³/mol. The molecule has 4 rings (SSSR count). The molecule has 0 unspecified atom stereocenters. The van der Waals surface area contributed by atoms with Crippen molar-refractivity contribution in [1.82, 2.24) is 0 Å². The number of hydrogen-bond acceptors (Lipinski definition) is 5. The lowest BCUT2D eigenvalue weighted by atomic mass is 9.81. The molecule has 7 nitrogen and oxygen atoms in total. The van der Waals surface area contributed by atoms with Gasteiger partial charge in [0.2, 0.25) is 11.8 Å². The fraction of sp³-hybridized carbons (Fsp3) is 0.304. The maximum absolute atomic E-state index is 12.9. The van der Waals surface area contributed by atoms with Crippen LogP contribution in [0, 0.1) is 17.7 Å². The molecule has 1 aliphatic carbocycles. The molecule has 8 heteroatoms. The summed E-state index contributed by atoms with van der Waals surface area (Å²) in [7, 11) is 0. The van der Waals surface area contributed by atoms with E-state index in [1.807, 2.05) is 0 Å². The minimum absolute atomic E-state index is 0.127. The summed E-state index contributed by atoms with van der Waals surface area (Å²) >= 11 is 0. The fourth-order valence-electron chi connectivity index (χ4n) is 4.13. The lowest BCUT2D eigenvalue weighted by molar-refractivity contribution is -0.122. The zero-order chi connectivity index (χ0) is 22.0. The highest BCUT2D eigenvalue weighted by molar-refractivity contribution is 6.22. The number of ether oxygens (including phenoxy) is 1. The van der Waals surface area contributed by atoms with Crippen LogP contribution >= 0.6 is 0 Å². The van der Waals surface area contributed by atoms with Crippen LogP contribution in [0.5, 0.6) is 0 Å². The Balaban J connectivity index is 1.40. The molecular weight excluding hydrogens is 403 g/mol. The SMILES string of the molecule is O=C(COC(=O)c1cccc(N2C(=O)[C@@H]3CCCC[C@H]3C2=O)c1)Nc1ccc(F)cc1. The number of nitrogens with one attached hydrogen (secondary N) is 1. The molecule has 31 heavy (non-hydrogen) atoms.